The number of H-pyrrole nitrogens is 1. The van der Waals surface area contributed by atoms with Crippen molar-refractivity contribution in [3.63, 3.8) is 0 Å². The summed E-state index contributed by atoms with van der Waals surface area (Å²) in [5.74, 6) is -0.00292. The molecule has 94 valence electrons. The number of anilines is 1. The van der Waals surface area contributed by atoms with Gasteiger partial charge in [0, 0.05) is 23.7 Å². The highest BCUT2D eigenvalue weighted by atomic mass is 16.2. The minimum atomic E-state index is -0.00292. The zero-order valence-electron chi connectivity index (χ0n) is 10.3. The fraction of sp³-hybridized carbons (Fsp3) is 0.385. The molecular weight excluding hydrogens is 228 g/mol. The number of fused-ring (bicyclic) bond motifs is 1. The van der Waals surface area contributed by atoms with Crippen LogP contribution in [0.15, 0.2) is 18.2 Å². The molecule has 2 heterocycles. The molecular formula is C13H16N4O. The standard InChI is InChI=1S/C13H16N4O/c1-8-3-2-6-17(8)13(18)12-10-7-9(14)4-5-11(10)15-16-12/h4-5,7-8H,2-3,6,14H2,1H3,(H,15,16). The number of aromatic amines is 1. The van der Waals surface area contributed by atoms with Crippen molar-refractivity contribution < 1.29 is 4.79 Å². The molecule has 5 nitrogen and oxygen atoms in total. The predicted molar refractivity (Wildman–Crippen MR) is 70.2 cm³/mol. The van der Waals surface area contributed by atoms with Crippen LogP contribution in [0.5, 0.6) is 0 Å². The minimum absolute atomic E-state index is 0.00292. The fourth-order valence-corrected chi connectivity index (χ4v) is 2.57. The van der Waals surface area contributed by atoms with Gasteiger partial charge in [-0.05, 0) is 38.0 Å². The van der Waals surface area contributed by atoms with Gasteiger partial charge >= 0.3 is 0 Å². The summed E-state index contributed by atoms with van der Waals surface area (Å²) in [5.41, 5.74) is 7.74. The molecule has 0 bridgehead atoms. The third-order valence-electron chi connectivity index (χ3n) is 3.60. The van der Waals surface area contributed by atoms with Gasteiger partial charge in [-0.2, -0.15) is 5.10 Å². The highest BCUT2D eigenvalue weighted by molar-refractivity contribution is 6.05. The number of hydrogen-bond donors (Lipinski definition) is 2. The van der Waals surface area contributed by atoms with Gasteiger partial charge in [-0.3, -0.25) is 9.89 Å². The van der Waals surface area contributed by atoms with E-state index in [1.807, 2.05) is 11.0 Å². The van der Waals surface area contributed by atoms with Crippen LogP contribution in [0.25, 0.3) is 10.9 Å². The first kappa shape index (κ1) is 11.1. The van der Waals surface area contributed by atoms with Crippen LogP contribution in [0.1, 0.15) is 30.3 Å². The number of hydrogen-bond acceptors (Lipinski definition) is 3. The Kier molecular flexibility index (Phi) is 2.47. The third kappa shape index (κ3) is 1.63. The molecule has 0 saturated carbocycles. The molecule has 1 aliphatic rings. The van der Waals surface area contributed by atoms with Crippen molar-refractivity contribution in [3.05, 3.63) is 23.9 Å². The number of nitrogens with one attached hydrogen (secondary N) is 1. The minimum Gasteiger partial charge on any atom is -0.399 e. The van der Waals surface area contributed by atoms with E-state index in [2.05, 4.69) is 17.1 Å². The summed E-state index contributed by atoms with van der Waals surface area (Å²) in [5, 5.41) is 7.83. The molecule has 1 aromatic carbocycles. The Morgan fingerprint density at radius 1 is 1.56 bits per heavy atom. The van der Waals surface area contributed by atoms with Crippen LogP contribution in [0.3, 0.4) is 0 Å². The van der Waals surface area contributed by atoms with E-state index in [1.54, 1.807) is 12.1 Å². The number of benzene rings is 1. The van der Waals surface area contributed by atoms with Crippen LogP contribution in [0, 0.1) is 0 Å². The maximum atomic E-state index is 12.4. The van der Waals surface area contributed by atoms with Gasteiger partial charge in [0.2, 0.25) is 0 Å². The van der Waals surface area contributed by atoms with Crippen LogP contribution < -0.4 is 5.73 Å². The lowest BCUT2D eigenvalue weighted by molar-refractivity contribution is 0.0743. The lowest BCUT2D eigenvalue weighted by atomic mass is 10.1. The maximum Gasteiger partial charge on any atom is 0.275 e. The smallest absolute Gasteiger partial charge is 0.275 e. The Morgan fingerprint density at radius 3 is 3.11 bits per heavy atom. The lowest BCUT2D eigenvalue weighted by Crippen LogP contribution is -2.33. The van der Waals surface area contributed by atoms with Crippen molar-refractivity contribution in [2.45, 2.75) is 25.8 Å². The van der Waals surface area contributed by atoms with Gasteiger partial charge in [-0.1, -0.05) is 0 Å². The number of nitrogen functional groups attached to an aromatic ring is 1. The zero-order chi connectivity index (χ0) is 12.7. The Hall–Kier alpha value is -2.04. The highest BCUT2D eigenvalue weighted by Crippen LogP contribution is 2.24. The van der Waals surface area contributed by atoms with Crippen LogP contribution >= 0.6 is 0 Å². The zero-order valence-corrected chi connectivity index (χ0v) is 10.3. The van der Waals surface area contributed by atoms with Crippen molar-refractivity contribution in [2.75, 3.05) is 12.3 Å². The van der Waals surface area contributed by atoms with Gasteiger partial charge < -0.3 is 10.6 Å². The van der Waals surface area contributed by atoms with E-state index < -0.39 is 0 Å². The van der Waals surface area contributed by atoms with E-state index in [0.717, 1.165) is 30.3 Å². The summed E-state index contributed by atoms with van der Waals surface area (Å²) in [6, 6.07) is 5.74. The van der Waals surface area contributed by atoms with E-state index >= 15 is 0 Å². The molecule has 1 unspecified atom stereocenters. The average Bonchev–Trinajstić information content (AvgIpc) is 2.94. The second-order valence-electron chi connectivity index (χ2n) is 4.87. The Morgan fingerprint density at radius 2 is 2.39 bits per heavy atom. The first-order valence-electron chi connectivity index (χ1n) is 6.21. The van der Waals surface area contributed by atoms with Gasteiger partial charge in [0.25, 0.3) is 5.91 Å². The second kappa shape index (κ2) is 4.01. The van der Waals surface area contributed by atoms with Crippen molar-refractivity contribution in [2.24, 2.45) is 0 Å². The summed E-state index contributed by atoms with van der Waals surface area (Å²) in [7, 11) is 0. The molecule has 0 radical (unpaired) electrons. The molecule has 5 heteroatoms. The SMILES string of the molecule is CC1CCCN1C(=O)c1n[nH]c2ccc(N)cc12. The molecule has 1 aliphatic heterocycles. The Balaban J connectivity index is 2.03. The number of nitrogens with zero attached hydrogens (tertiary/aromatic N) is 2. The topological polar surface area (TPSA) is 75.0 Å². The quantitative estimate of drug-likeness (QED) is 0.751. The van der Waals surface area contributed by atoms with Crippen molar-refractivity contribution in [3.8, 4) is 0 Å². The molecule has 2 aromatic rings. The molecule has 3 N–H and O–H groups in total. The van der Waals surface area contributed by atoms with E-state index in [-0.39, 0.29) is 5.91 Å². The number of nitrogens with two attached hydrogens (primary N) is 1. The number of likely N-dealkylation sites (tertiary alicyclic amines) is 1. The fourth-order valence-electron chi connectivity index (χ4n) is 2.57. The van der Waals surface area contributed by atoms with Crippen molar-refractivity contribution in [1.82, 2.24) is 15.1 Å². The van der Waals surface area contributed by atoms with Gasteiger partial charge in [0.1, 0.15) is 0 Å². The van der Waals surface area contributed by atoms with Crippen LogP contribution in [-0.2, 0) is 0 Å². The van der Waals surface area contributed by atoms with E-state index in [4.69, 9.17) is 5.73 Å². The number of carbonyl (C=O) groups is 1. The monoisotopic (exact) mass is 244 g/mol. The molecule has 0 spiro atoms. The molecule has 1 aromatic heterocycles. The Labute approximate surface area is 105 Å². The largest absolute Gasteiger partial charge is 0.399 e. The molecule has 18 heavy (non-hydrogen) atoms. The van der Waals surface area contributed by atoms with Gasteiger partial charge in [-0.25, -0.2) is 0 Å². The summed E-state index contributed by atoms with van der Waals surface area (Å²) in [6.07, 6.45) is 2.13. The number of amides is 1. The number of aromatic nitrogens is 2. The van der Waals surface area contributed by atoms with Crippen molar-refractivity contribution in [1.29, 1.82) is 0 Å². The van der Waals surface area contributed by atoms with E-state index in [9.17, 15) is 4.79 Å². The number of carbonyl (C=O) groups excluding carboxylic acids is 1. The number of rotatable bonds is 1. The first-order valence-corrected chi connectivity index (χ1v) is 6.21. The van der Waals surface area contributed by atoms with E-state index in [1.165, 1.54) is 0 Å². The molecule has 0 aliphatic carbocycles. The molecule has 1 saturated heterocycles. The van der Waals surface area contributed by atoms with Crippen LogP contribution in [0.2, 0.25) is 0 Å². The second-order valence-corrected chi connectivity index (χ2v) is 4.87. The first-order chi connectivity index (χ1) is 8.66. The lowest BCUT2D eigenvalue weighted by Gasteiger charge is -2.20. The predicted octanol–water partition coefficient (Wildman–Crippen LogP) is 1.77. The highest BCUT2D eigenvalue weighted by Gasteiger charge is 2.28. The van der Waals surface area contributed by atoms with Gasteiger partial charge in [0.15, 0.2) is 5.69 Å². The van der Waals surface area contributed by atoms with Crippen LogP contribution in [-0.4, -0.2) is 33.6 Å². The Bertz CT molecular complexity index is 604. The summed E-state index contributed by atoms with van der Waals surface area (Å²) < 4.78 is 0. The summed E-state index contributed by atoms with van der Waals surface area (Å²) >= 11 is 0. The normalized spacial score (nSPS) is 19.6. The maximum absolute atomic E-state index is 12.4. The van der Waals surface area contributed by atoms with E-state index in [0.29, 0.717) is 17.4 Å². The molecule has 3 rings (SSSR count). The molecule has 1 atom stereocenters. The molecule has 1 fully saturated rings. The molecule has 1 amide bonds. The average molecular weight is 244 g/mol. The summed E-state index contributed by atoms with van der Waals surface area (Å²) in [6.45, 7) is 2.89. The van der Waals surface area contributed by atoms with Gasteiger partial charge in [0.05, 0.1) is 5.52 Å². The van der Waals surface area contributed by atoms with Crippen molar-refractivity contribution >= 4 is 22.5 Å². The van der Waals surface area contributed by atoms with Gasteiger partial charge in [-0.15, -0.1) is 0 Å². The third-order valence-corrected chi connectivity index (χ3v) is 3.60. The van der Waals surface area contributed by atoms with Crippen LogP contribution in [0.4, 0.5) is 5.69 Å². The summed E-state index contributed by atoms with van der Waals surface area (Å²) in [4.78, 5) is 14.3.